The highest BCUT2D eigenvalue weighted by molar-refractivity contribution is 6.06. The molecule has 24 heavy (non-hydrogen) atoms. The van der Waals surface area contributed by atoms with E-state index in [0.29, 0.717) is 12.8 Å². The molecule has 6 heteroatoms. The molecule has 0 fully saturated rings. The first-order chi connectivity index (χ1) is 11.5. The molecule has 1 unspecified atom stereocenters. The van der Waals surface area contributed by atoms with E-state index in [2.05, 4.69) is 34.6 Å². The van der Waals surface area contributed by atoms with E-state index < -0.39 is 0 Å². The smallest absolute Gasteiger partial charge is 0.240 e. The van der Waals surface area contributed by atoms with Crippen molar-refractivity contribution in [3.8, 4) is 0 Å². The Morgan fingerprint density at radius 3 is 2.54 bits per heavy atom. The van der Waals surface area contributed by atoms with Gasteiger partial charge < -0.3 is 10.2 Å². The SMILES string of the molecule is CCN(CC)CCC(=O)Nc1ccc(C2=NNC(=O)CC2C)cc1. The molecule has 1 aromatic carbocycles. The van der Waals surface area contributed by atoms with Gasteiger partial charge in [0, 0.05) is 31.0 Å². The zero-order valence-electron chi connectivity index (χ0n) is 14.6. The molecule has 2 N–H and O–H groups in total. The van der Waals surface area contributed by atoms with Gasteiger partial charge in [0.05, 0.1) is 5.71 Å². The number of hydrogen-bond acceptors (Lipinski definition) is 4. The van der Waals surface area contributed by atoms with Crippen molar-refractivity contribution in [2.75, 3.05) is 25.0 Å². The molecule has 1 aliphatic rings. The van der Waals surface area contributed by atoms with Crippen LogP contribution in [0.15, 0.2) is 29.4 Å². The lowest BCUT2D eigenvalue weighted by atomic mass is 9.94. The minimum absolute atomic E-state index is 0.0188. The summed E-state index contributed by atoms with van der Waals surface area (Å²) in [6, 6.07) is 7.59. The molecule has 0 bridgehead atoms. The summed E-state index contributed by atoms with van der Waals surface area (Å²) < 4.78 is 0. The molecule has 0 aromatic heterocycles. The quantitative estimate of drug-likeness (QED) is 0.805. The number of carbonyl (C=O) groups is 2. The Kier molecular flexibility index (Phi) is 6.49. The first-order valence-corrected chi connectivity index (χ1v) is 8.52. The van der Waals surface area contributed by atoms with Gasteiger partial charge in [-0.2, -0.15) is 5.10 Å². The van der Waals surface area contributed by atoms with Gasteiger partial charge in [0.2, 0.25) is 11.8 Å². The highest BCUT2D eigenvalue weighted by atomic mass is 16.2. The number of carbonyl (C=O) groups excluding carboxylic acids is 2. The second-order valence-electron chi connectivity index (χ2n) is 6.04. The van der Waals surface area contributed by atoms with Gasteiger partial charge >= 0.3 is 0 Å². The van der Waals surface area contributed by atoms with Crippen molar-refractivity contribution in [1.29, 1.82) is 0 Å². The van der Waals surface area contributed by atoms with E-state index in [1.807, 2.05) is 31.2 Å². The lowest BCUT2D eigenvalue weighted by Crippen LogP contribution is -2.31. The maximum atomic E-state index is 12.0. The minimum atomic E-state index is -0.0525. The van der Waals surface area contributed by atoms with Crippen molar-refractivity contribution in [3.05, 3.63) is 29.8 Å². The molecule has 0 spiro atoms. The van der Waals surface area contributed by atoms with Crippen molar-refractivity contribution in [3.63, 3.8) is 0 Å². The van der Waals surface area contributed by atoms with Gasteiger partial charge in [0.25, 0.3) is 0 Å². The third-order valence-electron chi connectivity index (χ3n) is 4.27. The summed E-state index contributed by atoms with van der Waals surface area (Å²) in [6.07, 6.45) is 0.932. The molecular formula is C18H26N4O2. The number of hydrazone groups is 1. The summed E-state index contributed by atoms with van der Waals surface area (Å²) in [5, 5.41) is 7.06. The zero-order chi connectivity index (χ0) is 17.5. The minimum Gasteiger partial charge on any atom is -0.326 e. The first kappa shape index (κ1) is 18.1. The predicted molar refractivity (Wildman–Crippen MR) is 95.9 cm³/mol. The van der Waals surface area contributed by atoms with Crippen molar-refractivity contribution < 1.29 is 9.59 Å². The molecule has 130 valence electrons. The fourth-order valence-electron chi connectivity index (χ4n) is 2.75. The second-order valence-corrected chi connectivity index (χ2v) is 6.04. The maximum Gasteiger partial charge on any atom is 0.240 e. The van der Waals surface area contributed by atoms with E-state index in [4.69, 9.17) is 0 Å². The summed E-state index contributed by atoms with van der Waals surface area (Å²) in [6.45, 7) is 8.85. The molecule has 0 saturated carbocycles. The van der Waals surface area contributed by atoms with Crippen LogP contribution in [0, 0.1) is 5.92 Å². The van der Waals surface area contributed by atoms with Crippen molar-refractivity contribution in [2.45, 2.75) is 33.6 Å². The highest BCUT2D eigenvalue weighted by Crippen LogP contribution is 2.18. The number of nitrogens with zero attached hydrogens (tertiary/aromatic N) is 2. The zero-order valence-corrected chi connectivity index (χ0v) is 14.6. The predicted octanol–water partition coefficient (Wildman–Crippen LogP) is 2.22. The molecular weight excluding hydrogens is 304 g/mol. The second kappa shape index (κ2) is 8.59. The van der Waals surface area contributed by atoms with Crippen molar-refractivity contribution in [1.82, 2.24) is 10.3 Å². The molecule has 1 aromatic rings. The van der Waals surface area contributed by atoms with E-state index in [-0.39, 0.29) is 17.7 Å². The van der Waals surface area contributed by atoms with Crippen LogP contribution in [-0.4, -0.2) is 42.1 Å². The van der Waals surface area contributed by atoms with Crippen LogP contribution >= 0.6 is 0 Å². The van der Waals surface area contributed by atoms with Gasteiger partial charge in [0.1, 0.15) is 0 Å². The van der Waals surface area contributed by atoms with Gasteiger partial charge in [-0.15, -0.1) is 0 Å². The molecule has 6 nitrogen and oxygen atoms in total. The Morgan fingerprint density at radius 2 is 1.96 bits per heavy atom. The van der Waals surface area contributed by atoms with Crippen LogP contribution in [-0.2, 0) is 9.59 Å². The average molecular weight is 330 g/mol. The summed E-state index contributed by atoms with van der Waals surface area (Å²) in [5.74, 6) is 0.0573. The van der Waals surface area contributed by atoms with Gasteiger partial charge in [-0.1, -0.05) is 32.9 Å². The third-order valence-corrected chi connectivity index (χ3v) is 4.27. The fourth-order valence-corrected chi connectivity index (χ4v) is 2.75. The molecule has 0 saturated heterocycles. The molecule has 2 amide bonds. The van der Waals surface area contributed by atoms with E-state index in [0.717, 1.165) is 36.6 Å². The molecule has 1 aliphatic heterocycles. The van der Waals surface area contributed by atoms with Crippen molar-refractivity contribution >= 4 is 23.2 Å². The Bertz CT molecular complexity index is 606. The van der Waals surface area contributed by atoms with Crippen LogP contribution in [0.2, 0.25) is 0 Å². The average Bonchev–Trinajstić information content (AvgIpc) is 2.57. The van der Waals surface area contributed by atoms with E-state index in [9.17, 15) is 9.59 Å². The monoisotopic (exact) mass is 330 g/mol. The summed E-state index contributed by atoms with van der Waals surface area (Å²) >= 11 is 0. The molecule has 2 rings (SSSR count). The Morgan fingerprint density at radius 1 is 1.29 bits per heavy atom. The summed E-state index contributed by atoms with van der Waals surface area (Å²) in [5.41, 5.74) is 5.13. The third kappa shape index (κ3) is 4.89. The van der Waals surface area contributed by atoms with Crippen LogP contribution in [0.25, 0.3) is 0 Å². The van der Waals surface area contributed by atoms with E-state index in [1.165, 1.54) is 0 Å². The van der Waals surface area contributed by atoms with Crippen LogP contribution < -0.4 is 10.7 Å². The van der Waals surface area contributed by atoms with Crippen LogP contribution in [0.3, 0.4) is 0 Å². The van der Waals surface area contributed by atoms with Crippen LogP contribution in [0.5, 0.6) is 0 Å². The Hall–Kier alpha value is -2.21. The largest absolute Gasteiger partial charge is 0.326 e. The first-order valence-electron chi connectivity index (χ1n) is 8.52. The van der Waals surface area contributed by atoms with Gasteiger partial charge in [0.15, 0.2) is 0 Å². The molecule has 0 aliphatic carbocycles. The van der Waals surface area contributed by atoms with Crippen molar-refractivity contribution in [2.24, 2.45) is 11.0 Å². The number of anilines is 1. The van der Waals surface area contributed by atoms with Gasteiger partial charge in [-0.25, -0.2) is 5.43 Å². The lowest BCUT2D eigenvalue weighted by molar-refractivity contribution is -0.122. The van der Waals surface area contributed by atoms with Gasteiger partial charge in [-0.05, 0) is 30.8 Å². The van der Waals surface area contributed by atoms with Gasteiger partial charge in [-0.3, -0.25) is 9.59 Å². The van der Waals surface area contributed by atoms with E-state index in [1.54, 1.807) is 0 Å². The Balaban J connectivity index is 1.92. The number of benzene rings is 1. The van der Waals surface area contributed by atoms with Crippen LogP contribution in [0.4, 0.5) is 5.69 Å². The lowest BCUT2D eigenvalue weighted by Gasteiger charge is -2.19. The topological polar surface area (TPSA) is 73.8 Å². The number of nitrogens with one attached hydrogen (secondary N) is 2. The molecule has 1 atom stereocenters. The Labute approximate surface area is 143 Å². The van der Waals surface area contributed by atoms with E-state index >= 15 is 0 Å². The number of amides is 2. The maximum absolute atomic E-state index is 12.0. The normalized spacial score (nSPS) is 17.4. The summed E-state index contributed by atoms with van der Waals surface area (Å²) in [4.78, 5) is 25.5. The fraction of sp³-hybridized carbons (Fsp3) is 0.500. The molecule has 0 radical (unpaired) electrons. The summed E-state index contributed by atoms with van der Waals surface area (Å²) in [7, 11) is 0. The molecule has 1 heterocycles. The highest BCUT2D eigenvalue weighted by Gasteiger charge is 2.21. The number of rotatable bonds is 7. The standard InChI is InChI=1S/C18H26N4O2/c1-4-22(5-2)11-10-16(23)19-15-8-6-14(7-9-15)18-13(3)12-17(24)20-21-18/h6-9,13H,4-5,10-12H2,1-3H3,(H,19,23)(H,20,24). The van der Waals surface area contributed by atoms with Crippen LogP contribution in [0.1, 0.15) is 39.2 Å². The number of hydrogen-bond donors (Lipinski definition) is 2.